The Kier molecular flexibility index (Phi) is 5.61. The summed E-state index contributed by atoms with van der Waals surface area (Å²) in [5, 5.41) is 18.2. The topological polar surface area (TPSA) is 139 Å². The van der Waals surface area contributed by atoms with Gasteiger partial charge in [0.1, 0.15) is 5.82 Å². The smallest absolute Gasteiger partial charge is 0.337 e. The number of anilines is 1. The highest BCUT2D eigenvalue weighted by atomic mass is 32.2. The van der Waals surface area contributed by atoms with Crippen molar-refractivity contribution < 1.29 is 27.5 Å². The Morgan fingerprint density at radius 1 is 1.33 bits per heavy atom. The predicted molar refractivity (Wildman–Crippen MR) is 73.0 cm³/mol. The molecule has 5 N–H and O–H groups in total. The van der Waals surface area contributed by atoms with Crippen LogP contribution in [0.25, 0.3) is 0 Å². The maximum Gasteiger partial charge on any atom is 0.337 e. The number of nitrogens with one attached hydrogen (secondary N) is 2. The number of nitrogens with two attached hydrogens (primary N) is 1. The average Bonchev–Trinajstić information content (AvgIpc) is 2.35. The molecule has 0 spiro atoms. The zero-order chi connectivity index (χ0) is 16.0. The lowest BCUT2D eigenvalue weighted by Crippen LogP contribution is -2.31. The summed E-state index contributed by atoms with van der Waals surface area (Å²) in [5.74, 6) is -2.42. The molecular formula is C11H14FN3O5S. The van der Waals surface area contributed by atoms with Gasteiger partial charge >= 0.3 is 12.0 Å². The number of halogens is 1. The van der Waals surface area contributed by atoms with Crippen molar-refractivity contribution in [2.45, 2.75) is 6.42 Å². The van der Waals surface area contributed by atoms with Crippen molar-refractivity contribution in [3.8, 4) is 0 Å². The van der Waals surface area contributed by atoms with Crippen LogP contribution in [0.15, 0.2) is 18.2 Å². The van der Waals surface area contributed by atoms with Crippen LogP contribution in [0, 0.1) is 5.82 Å². The van der Waals surface area contributed by atoms with Crippen molar-refractivity contribution in [3.05, 3.63) is 29.6 Å². The van der Waals surface area contributed by atoms with Crippen LogP contribution in [0.2, 0.25) is 0 Å². The molecule has 0 aliphatic carbocycles. The zero-order valence-electron chi connectivity index (χ0n) is 10.8. The van der Waals surface area contributed by atoms with E-state index in [2.05, 4.69) is 10.6 Å². The lowest BCUT2D eigenvalue weighted by atomic mass is 10.2. The molecule has 0 heterocycles. The summed E-state index contributed by atoms with van der Waals surface area (Å²) in [6.45, 7) is 0.0336. The van der Waals surface area contributed by atoms with Gasteiger partial charge in [-0.1, -0.05) is 0 Å². The van der Waals surface area contributed by atoms with Crippen molar-refractivity contribution in [1.82, 2.24) is 5.32 Å². The van der Waals surface area contributed by atoms with Gasteiger partial charge in [0, 0.05) is 6.54 Å². The van der Waals surface area contributed by atoms with E-state index in [4.69, 9.17) is 10.2 Å². The minimum Gasteiger partial charge on any atom is -0.478 e. The van der Waals surface area contributed by atoms with Gasteiger partial charge in [-0.2, -0.15) is 0 Å². The van der Waals surface area contributed by atoms with E-state index < -0.39 is 33.4 Å². The number of hydrogen-bond acceptors (Lipinski definition) is 4. The van der Waals surface area contributed by atoms with Crippen LogP contribution in [0.3, 0.4) is 0 Å². The molecule has 0 aliphatic heterocycles. The van der Waals surface area contributed by atoms with Crippen LogP contribution in [0.1, 0.15) is 16.8 Å². The molecule has 0 unspecified atom stereocenters. The molecule has 1 rings (SSSR count). The first kappa shape index (κ1) is 16.9. The molecule has 116 valence electrons. The van der Waals surface area contributed by atoms with Gasteiger partial charge < -0.3 is 15.7 Å². The molecule has 21 heavy (non-hydrogen) atoms. The van der Waals surface area contributed by atoms with Crippen LogP contribution in [-0.2, 0) is 10.0 Å². The van der Waals surface area contributed by atoms with Gasteiger partial charge in [-0.3, -0.25) is 0 Å². The average molecular weight is 319 g/mol. The Morgan fingerprint density at radius 3 is 2.57 bits per heavy atom. The van der Waals surface area contributed by atoms with E-state index in [0.717, 1.165) is 18.2 Å². The van der Waals surface area contributed by atoms with E-state index in [0.29, 0.717) is 0 Å². The molecule has 0 saturated heterocycles. The third-order valence-corrected chi connectivity index (χ3v) is 3.21. The normalized spacial score (nSPS) is 11.0. The number of urea groups is 1. The number of carboxylic acids is 1. The van der Waals surface area contributed by atoms with Crippen LogP contribution in [-0.4, -0.2) is 37.8 Å². The number of carboxylic acid groups (broad SMARTS) is 1. The SMILES string of the molecule is NS(=O)(=O)CCCNC(=O)Nc1ccc(F)cc1C(=O)O. The van der Waals surface area contributed by atoms with Crippen molar-refractivity contribution in [3.63, 3.8) is 0 Å². The van der Waals surface area contributed by atoms with Gasteiger partial charge in [0.15, 0.2) is 0 Å². The number of hydrogen-bond donors (Lipinski definition) is 4. The number of amides is 2. The monoisotopic (exact) mass is 319 g/mol. The summed E-state index contributed by atoms with van der Waals surface area (Å²) in [7, 11) is -3.59. The Labute approximate surface area is 120 Å². The second kappa shape index (κ2) is 6.99. The zero-order valence-corrected chi connectivity index (χ0v) is 11.6. The van der Waals surface area contributed by atoms with E-state index in [1.807, 2.05) is 0 Å². The van der Waals surface area contributed by atoms with Gasteiger partial charge in [-0.25, -0.2) is 27.5 Å². The number of benzene rings is 1. The first-order chi connectivity index (χ1) is 9.69. The summed E-state index contributed by atoms with van der Waals surface area (Å²) in [6.07, 6.45) is 0.113. The molecule has 1 aromatic rings. The van der Waals surface area contributed by atoms with E-state index in [1.54, 1.807) is 0 Å². The Bertz CT molecular complexity index is 647. The summed E-state index contributed by atoms with van der Waals surface area (Å²) < 4.78 is 34.3. The van der Waals surface area contributed by atoms with Crippen molar-refractivity contribution in [2.75, 3.05) is 17.6 Å². The second-order valence-corrected chi connectivity index (χ2v) is 5.83. The predicted octanol–water partition coefficient (Wildman–Crippen LogP) is 0.324. The van der Waals surface area contributed by atoms with E-state index >= 15 is 0 Å². The first-order valence-electron chi connectivity index (χ1n) is 5.77. The highest BCUT2D eigenvalue weighted by Crippen LogP contribution is 2.16. The highest BCUT2D eigenvalue weighted by molar-refractivity contribution is 7.89. The number of rotatable bonds is 6. The lowest BCUT2D eigenvalue weighted by molar-refractivity contribution is 0.0697. The summed E-state index contributed by atoms with van der Waals surface area (Å²) in [5.41, 5.74) is -0.470. The summed E-state index contributed by atoms with van der Waals surface area (Å²) in [6, 6.07) is 2.16. The second-order valence-electron chi connectivity index (χ2n) is 4.10. The van der Waals surface area contributed by atoms with Gasteiger partial charge in [0.05, 0.1) is 17.0 Å². The standard InChI is InChI=1S/C11H14FN3O5S/c12-7-2-3-9(8(6-7)10(16)17)15-11(18)14-4-1-5-21(13,19)20/h2-3,6H,1,4-5H2,(H,16,17)(H2,13,19,20)(H2,14,15,18). The largest absolute Gasteiger partial charge is 0.478 e. The van der Waals surface area contributed by atoms with Crippen LogP contribution >= 0.6 is 0 Å². The number of primary sulfonamides is 1. The fraction of sp³-hybridized carbons (Fsp3) is 0.273. The molecule has 0 atom stereocenters. The van der Waals surface area contributed by atoms with Gasteiger partial charge in [0.25, 0.3) is 0 Å². The Balaban J connectivity index is 2.57. The molecule has 0 aromatic heterocycles. The number of aromatic carboxylic acids is 1. The van der Waals surface area contributed by atoms with Crippen molar-refractivity contribution >= 4 is 27.7 Å². The Morgan fingerprint density at radius 2 is 2.00 bits per heavy atom. The molecular weight excluding hydrogens is 305 g/mol. The van der Waals surface area contributed by atoms with E-state index in [9.17, 15) is 22.4 Å². The van der Waals surface area contributed by atoms with Crippen LogP contribution < -0.4 is 15.8 Å². The molecule has 0 fully saturated rings. The molecule has 0 aliphatic rings. The van der Waals surface area contributed by atoms with Crippen LogP contribution in [0.4, 0.5) is 14.9 Å². The maximum absolute atomic E-state index is 12.9. The lowest BCUT2D eigenvalue weighted by Gasteiger charge is -2.09. The number of carbonyl (C=O) groups is 2. The molecule has 8 nitrogen and oxygen atoms in total. The third-order valence-electron chi connectivity index (χ3n) is 2.35. The Hall–Kier alpha value is -2.20. The molecule has 0 bridgehead atoms. The summed E-state index contributed by atoms with van der Waals surface area (Å²) in [4.78, 5) is 22.4. The molecule has 0 saturated carbocycles. The molecule has 2 amide bonds. The molecule has 10 heteroatoms. The number of carbonyl (C=O) groups excluding carboxylic acids is 1. The minimum atomic E-state index is -3.59. The van der Waals surface area contributed by atoms with E-state index in [1.165, 1.54) is 0 Å². The van der Waals surface area contributed by atoms with Gasteiger partial charge in [-0.15, -0.1) is 0 Å². The van der Waals surface area contributed by atoms with Gasteiger partial charge in [0.2, 0.25) is 10.0 Å². The van der Waals surface area contributed by atoms with Crippen molar-refractivity contribution in [1.29, 1.82) is 0 Å². The first-order valence-corrected chi connectivity index (χ1v) is 7.49. The fourth-order valence-electron chi connectivity index (χ4n) is 1.44. The van der Waals surface area contributed by atoms with E-state index in [-0.39, 0.29) is 24.4 Å². The van der Waals surface area contributed by atoms with Crippen molar-refractivity contribution in [2.24, 2.45) is 5.14 Å². The highest BCUT2D eigenvalue weighted by Gasteiger charge is 2.13. The molecule has 0 radical (unpaired) electrons. The molecule has 1 aromatic carbocycles. The van der Waals surface area contributed by atoms with Crippen LogP contribution in [0.5, 0.6) is 0 Å². The summed E-state index contributed by atoms with van der Waals surface area (Å²) >= 11 is 0. The number of sulfonamides is 1. The fourth-order valence-corrected chi connectivity index (χ4v) is 1.99. The van der Waals surface area contributed by atoms with Gasteiger partial charge in [-0.05, 0) is 24.6 Å². The third kappa shape index (κ3) is 6.19. The maximum atomic E-state index is 12.9. The quantitative estimate of drug-likeness (QED) is 0.559. The minimum absolute atomic E-state index is 0.0336.